The molecule has 0 saturated carbocycles. The number of hydrogen-bond donors (Lipinski definition) is 1. The Morgan fingerprint density at radius 2 is 2.38 bits per heavy atom. The van der Waals surface area contributed by atoms with Crippen molar-refractivity contribution >= 4 is 11.8 Å². The van der Waals surface area contributed by atoms with Crippen LogP contribution in [0.15, 0.2) is 16.8 Å². The zero-order chi connectivity index (χ0) is 9.68. The zero-order valence-corrected chi connectivity index (χ0v) is 7.96. The second kappa shape index (κ2) is 4.64. The van der Waals surface area contributed by atoms with Gasteiger partial charge in [-0.05, 0) is 32.3 Å². The molecule has 0 spiro atoms. The van der Waals surface area contributed by atoms with Crippen molar-refractivity contribution in [1.82, 2.24) is 5.43 Å². The highest BCUT2D eigenvalue weighted by atomic mass is 16.5. The fourth-order valence-electron chi connectivity index (χ4n) is 1.23. The number of ether oxygens (including phenoxy) is 1. The number of hydrogen-bond acceptors (Lipinski definition) is 3. The fraction of sp³-hybridized carbons (Fsp3) is 0.556. The number of rotatable bonds is 1. The van der Waals surface area contributed by atoms with Gasteiger partial charge in [0.1, 0.15) is 0 Å². The molecule has 4 nitrogen and oxygen atoms in total. The van der Waals surface area contributed by atoms with Gasteiger partial charge in [-0.1, -0.05) is 5.57 Å². The largest absolute Gasteiger partial charge is 0.452 e. The van der Waals surface area contributed by atoms with E-state index in [-0.39, 0.29) is 0 Å². The van der Waals surface area contributed by atoms with Crippen LogP contribution in [-0.2, 0) is 4.74 Å². The zero-order valence-electron chi connectivity index (χ0n) is 7.96. The van der Waals surface area contributed by atoms with Crippen molar-refractivity contribution in [2.24, 2.45) is 5.10 Å². The lowest BCUT2D eigenvalue weighted by Gasteiger charge is -2.10. The summed E-state index contributed by atoms with van der Waals surface area (Å²) in [6.45, 7) is 2.06. The summed E-state index contributed by atoms with van der Waals surface area (Å²) in [5.74, 6) is 0. The molecule has 1 aliphatic carbocycles. The molecular weight excluding hydrogens is 168 g/mol. The molecule has 0 fully saturated rings. The highest BCUT2D eigenvalue weighted by Crippen LogP contribution is 2.14. The van der Waals surface area contributed by atoms with Crippen LogP contribution in [0.25, 0.3) is 0 Å². The third-order valence-corrected chi connectivity index (χ3v) is 1.89. The molecule has 72 valence electrons. The molecule has 0 unspecified atom stereocenters. The second-order valence-electron chi connectivity index (χ2n) is 3.05. The van der Waals surface area contributed by atoms with Gasteiger partial charge in [0.15, 0.2) is 0 Å². The van der Waals surface area contributed by atoms with Gasteiger partial charge in [-0.25, -0.2) is 10.2 Å². The van der Waals surface area contributed by atoms with Crippen molar-refractivity contribution in [3.05, 3.63) is 11.6 Å². The van der Waals surface area contributed by atoms with E-state index in [4.69, 9.17) is 0 Å². The van der Waals surface area contributed by atoms with Gasteiger partial charge in [0.25, 0.3) is 0 Å². The van der Waals surface area contributed by atoms with E-state index in [9.17, 15) is 4.79 Å². The first-order valence-electron chi connectivity index (χ1n) is 4.30. The van der Waals surface area contributed by atoms with Crippen LogP contribution in [0.1, 0.15) is 26.2 Å². The van der Waals surface area contributed by atoms with Gasteiger partial charge in [-0.15, -0.1) is 0 Å². The lowest BCUT2D eigenvalue weighted by molar-refractivity contribution is 0.171. The van der Waals surface area contributed by atoms with Gasteiger partial charge in [-0.3, -0.25) is 0 Å². The standard InChI is InChI=1S/C9H14N2O2/c1-7-4-3-5-8(6-7)10-11-9(12)13-2/h6H,3-5H2,1-2H3,(H,11,12)/b10-8+. The van der Waals surface area contributed by atoms with Gasteiger partial charge < -0.3 is 4.74 Å². The minimum Gasteiger partial charge on any atom is -0.452 e. The van der Waals surface area contributed by atoms with Crippen molar-refractivity contribution in [2.45, 2.75) is 26.2 Å². The van der Waals surface area contributed by atoms with Crippen molar-refractivity contribution in [3.63, 3.8) is 0 Å². The molecular formula is C9H14N2O2. The number of nitrogens with one attached hydrogen (secondary N) is 1. The van der Waals surface area contributed by atoms with E-state index in [1.165, 1.54) is 12.7 Å². The number of allylic oxidation sites excluding steroid dienone is 2. The molecule has 0 aromatic rings. The van der Waals surface area contributed by atoms with Crippen LogP contribution in [0.3, 0.4) is 0 Å². The van der Waals surface area contributed by atoms with Gasteiger partial charge in [0.05, 0.1) is 12.8 Å². The first-order valence-corrected chi connectivity index (χ1v) is 4.30. The molecule has 1 rings (SSSR count). The first-order chi connectivity index (χ1) is 6.22. The molecule has 13 heavy (non-hydrogen) atoms. The SMILES string of the molecule is COC(=O)N/N=C1/C=C(C)CCC1. The smallest absolute Gasteiger partial charge is 0.427 e. The quantitative estimate of drug-likeness (QED) is 0.629. The summed E-state index contributed by atoms with van der Waals surface area (Å²) in [5.41, 5.74) is 4.52. The summed E-state index contributed by atoms with van der Waals surface area (Å²) in [6, 6.07) is 0. The van der Waals surface area contributed by atoms with Crippen LogP contribution in [-0.4, -0.2) is 18.9 Å². The van der Waals surface area contributed by atoms with Crippen molar-refractivity contribution in [1.29, 1.82) is 0 Å². The molecule has 0 aromatic carbocycles. The molecule has 0 atom stereocenters. The number of amides is 1. The van der Waals surface area contributed by atoms with E-state index in [0.717, 1.165) is 25.0 Å². The monoisotopic (exact) mass is 182 g/mol. The highest BCUT2D eigenvalue weighted by Gasteiger charge is 2.05. The van der Waals surface area contributed by atoms with Crippen molar-refractivity contribution in [3.8, 4) is 0 Å². The number of methoxy groups -OCH3 is 1. The maximum Gasteiger partial charge on any atom is 0.427 e. The summed E-state index contributed by atoms with van der Waals surface area (Å²) >= 11 is 0. The number of carbonyl (C=O) groups is 1. The molecule has 1 aliphatic rings. The molecule has 0 aliphatic heterocycles. The second-order valence-corrected chi connectivity index (χ2v) is 3.05. The summed E-state index contributed by atoms with van der Waals surface area (Å²) in [5, 5.41) is 3.92. The Kier molecular flexibility index (Phi) is 3.49. The third-order valence-electron chi connectivity index (χ3n) is 1.89. The van der Waals surface area contributed by atoms with E-state index in [0.29, 0.717) is 0 Å². The average molecular weight is 182 g/mol. The Bertz CT molecular complexity index is 256. The highest BCUT2D eigenvalue weighted by molar-refractivity contribution is 5.96. The predicted octanol–water partition coefficient (Wildman–Crippen LogP) is 1.83. The van der Waals surface area contributed by atoms with Gasteiger partial charge in [0, 0.05) is 0 Å². The minimum atomic E-state index is -0.524. The Hall–Kier alpha value is -1.32. The summed E-state index contributed by atoms with van der Waals surface area (Å²) in [4.78, 5) is 10.7. The van der Waals surface area contributed by atoms with E-state index < -0.39 is 6.09 Å². The molecule has 1 amide bonds. The van der Waals surface area contributed by atoms with Gasteiger partial charge in [-0.2, -0.15) is 5.10 Å². The van der Waals surface area contributed by atoms with E-state index in [2.05, 4.69) is 22.2 Å². The van der Waals surface area contributed by atoms with Crippen LogP contribution in [0.4, 0.5) is 4.79 Å². The Morgan fingerprint density at radius 1 is 1.62 bits per heavy atom. The number of carbonyl (C=O) groups excluding carboxylic acids is 1. The summed E-state index contributed by atoms with van der Waals surface area (Å²) in [6.07, 6.45) is 4.62. The van der Waals surface area contributed by atoms with E-state index >= 15 is 0 Å². The van der Waals surface area contributed by atoms with E-state index in [1.54, 1.807) is 0 Å². The van der Waals surface area contributed by atoms with Crippen molar-refractivity contribution < 1.29 is 9.53 Å². The van der Waals surface area contributed by atoms with Gasteiger partial charge >= 0.3 is 6.09 Å². The number of nitrogens with zero attached hydrogens (tertiary/aromatic N) is 1. The van der Waals surface area contributed by atoms with Crippen LogP contribution < -0.4 is 5.43 Å². The Balaban J connectivity index is 2.51. The molecule has 0 bridgehead atoms. The average Bonchev–Trinajstić information content (AvgIpc) is 2.14. The van der Waals surface area contributed by atoms with E-state index in [1.807, 2.05) is 6.08 Å². The molecule has 1 N–H and O–H groups in total. The third kappa shape index (κ3) is 3.27. The fourth-order valence-corrected chi connectivity index (χ4v) is 1.23. The first kappa shape index (κ1) is 9.77. The molecule has 0 radical (unpaired) electrons. The van der Waals surface area contributed by atoms with Crippen LogP contribution in [0.5, 0.6) is 0 Å². The number of hydrazone groups is 1. The normalized spacial score (nSPS) is 19.5. The van der Waals surface area contributed by atoms with Crippen LogP contribution in [0.2, 0.25) is 0 Å². The molecule has 0 heterocycles. The van der Waals surface area contributed by atoms with Crippen LogP contribution in [0, 0.1) is 0 Å². The summed E-state index contributed by atoms with van der Waals surface area (Å²) in [7, 11) is 1.32. The van der Waals surface area contributed by atoms with Crippen molar-refractivity contribution in [2.75, 3.05) is 7.11 Å². The molecule has 4 heteroatoms. The Labute approximate surface area is 77.7 Å². The predicted molar refractivity (Wildman–Crippen MR) is 50.6 cm³/mol. The maximum atomic E-state index is 10.7. The summed E-state index contributed by atoms with van der Waals surface area (Å²) < 4.78 is 4.39. The lowest BCUT2D eigenvalue weighted by Crippen LogP contribution is -2.19. The van der Waals surface area contributed by atoms with Gasteiger partial charge in [0.2, 0.25) is 0 Å². The maximum absolute atomic E-state index is 10.7. The lowest BCUT2D eigenvalue weighted by atomic mass is 10.00. The van der Waals surface area contributed by atoms with Crippen LogP contribution >= 0.6 is 0 Å². The Morgan fingerprint density at radius 3 is 3.00 bits per heavy atom. The molecule has 0 saturated heterocycles. The minimum absolute atomic E-state index is 0.524. The topological polar surface area (TPSA) is 50.7 Å². The molecule has 0 aromatic heterocycles.